The molecule has 6 heteroatoms. The van der Waals surface area contributed by atoms with Crippen LogP contribution >= 0.6 is 0 Å². The third kappa shape index (κ3) is 2.68. The number of hydrogen-bond acceptors (Lipinski definition) is 5. The number of nitrogens with zero attached hydrogens (tertiary/aromatic N) is 2. The summed E-state index contributed by atoms with van der Waals surface area (Å²) in [6, 6.07) is 9.46. The zero-order chi connectivity index (χ0) is 16.7. The van der Waals surface area contributed by atoms with Crippen LogP contribution in [-0.4, -0.2) is 29.7 Å². The van der Waals surface area contributed by atoms with Crippen LogP contribution in [0.15, 0.2) is 34.9 Å². The summed E-state index contributed by atoms with van der Waals surface area (Å²) in [4.78, 5) is 26.2. The largest absolute Gasteiger partial charge is 0.451 e. The zero-order valence-corrected chi connectivity index (χ0v) is 13.4. The first kappa shape index (κ1) is 14.9. The van der Waals surface area contributed by atoms with E-state index in [1.54, 1.807) is 11.0 Å². The highest BCUT2D eigenvalue weighted by atomic mass is 16.5. The SMILES string of the molecule is CC1Cc2ccccc2N1C(=O)COC(=O)c1cc(C2CC2)on1. The van der Waals surface area contributed by atoms with E-state index in [9.17, 15) is 9.59 Å². The third-order valence-corrected chi connectivity index (χ3v) is 4.52. The number of benzene rings is 1. The summed E-state index contributed by atoms with van der Waals surface area (Å²) in [5, 5.41) is 3.73. The molecule has 0 N–H and O–H groups in total. The maximum atomic E-state index is 12.5. The maximum absolute atomic E-state index is 12.5. The molecule has 6 nitrogen and oxygen atoms in total. The van der Waals surface area contributed by atoms with Gasteiger partial charge in [0.1, 0.15) is 5.76 Å². The molecular formula is C18H18N2O4. The van der Waals surface area contributed by atoms with Crippen molar-refractivity contribution >= 4 is 17.6 Å². The minimum absolute atomic E-state index is 0.0575. The molecule has 0 bridgehead atoms. The summed E-state index contributed by atoms with van der Waals surface area (Å²) in [5.41, 5.74) is 2.15. The summed E-state index contributed by atoms with van der Waals surface area (Å²) in [7, 11) is 0. The number of para-hydroxylation sites is 1. The quantitative estimate of drug-likeness (QED) is 0.808. The van der Waals surface area contributed by atoms with Crippen LogP contribution in [0.4, 0.5) is 5.69 Å². The van der Waals surface area contributed by atoms with E-state index < -0.39 is 5.97 Å². The van der Waals surface area contributed by atoms with E-state index >= 15 is 0 Å². The number of carbonyl (C=O) groups is 2. The first-order valence-corrected chi connectivity index (χ1v) is 8.17. The second kappa shape index (κ2) is 5.78. The molecule has 1 fully saturated rings. The fourth-order valence-corrected chi connectivity index (χ4v) is 3.16. The number of rotatable bonds is 4. The van der Waals surface area contributed by atoms with Gasteiger partial charge in [-0.1, -0.05) is 23.4 Å². The summed E-state index contributed by atoms with van der Waals surface area (Å²) in [5.74, 6) is 0.240. The molecule has 1 atom stereocenters. The normalized spacial score (nSPS) is 19.2. The van der Waals surface area contributed by atoms with E-state index in [-0.39, 0.29) is 24.2 Å². The van der Waals surface area contributed by atoms with E-state index in [1.165, 1.54) is 0 Å². The fourth-order valence-electron chi connectivity index (χ4n) is 3.16. The highest BCUT2D eigenvalue weighted by Gasteiger charge is 2.32. The van der Waals surface area contributed by atoms with Crippen molar-refractivity contribution in [1.29, 1.82) is 0 Å². The van der Waals surface area contributed by atoms with Crippen molar-refractivity contribution in [3.8, 4) is 0 Å². The minimum Gasteiger partial charge on any atom is -0.451 e. The molecule has 0 spiro atoms. The Hall–Kier alpha value is -2.63. The van der Waals surface area contributed by atoms with Crippen LogP contribution < -0.4 is 4.90 Å². The summed E-state index contributed by atoms with van der Waals surface area (Å²) in [6.07, 6.45) is 2.94. The molecule has 1 aromatic heterocycles. The number of esters is 1. The van der Waals surface area contributed by atoms with Crippen LogP contribution in [0.3, 0.4) is 0 Å². The van der Waals surface area contributed by atoms with Crippen molar-refractivity contribution in [2.75, 3.05) is 11.5 Å². The minimum atomic E-state index is -0.626. The third-order valence-electron chi connectivity index (χ3n) is 4.52. The van der Waals surface area contributed by atoms with Gasteiger partial charge >= 0.3 is 5.97 Å². The summed E-state index contributed by atoms with van der Waals surface area (Å²) < 4.78 is 10.3. The molecule has 2 aromatic rings. The lowest BCUT2D eigenvalue weighted by molar-refractivity contribution is -0.122. The Labute approximate surface area is 139 Å². The lowest BCUT2D eigenvalue weighted by atomic mass is 10.1. The molecule has 1 aliphatic carbocycles. The number of hydrogen-bond donors (Lipinski definition) is 0. The van der Waals surface area contributed by atoms with Crippen LogP contribution in [0.1, 0.15) is 47.5 Å². The average molecular weight is 326 g/mol. The van der Waals surface area contributed by atoms with Crippen molar-refractivity contribution in [1.82, 2.24) is 5.16 Å². The Bertz CT molecular complexity index is 794. The summed E-state index contributed by atoms with van der Waals surface area (Å²) >= 11 is 0. The Morgan fingerprint density at radius 1 is 1.33 bits per heavy atom. The fraction of sp³-hybridized carbons (Fsp3) is 0.389. The van der Waals surface area contributed by atoms with Crippen LogP contribution in [0.2, 0.25) is 0 Å². The van der Waals surface area contributed by atoms with E-state index in [0.29, 0.717) is 5.92 Å². The zero-order valence-electron chi connectivity index (χ0n) is 13.4. The molecule has 1 saturated carbocycles. The predicted octanol–water partition coefficient (Wildman–Crippen LogP) is 2.69. The first-order valence-electron chi connectivity index (χ1n) is 8.17. The van der Waals surface area contributed by atoms with Gasteiger partial charge in [0.05, 0.1) is 0 Å². The van der Waals surface area contributed by atoms with E-state index in [2.05, 4.69) is 5.16 Å². The van der Waals surface area contributed by atoms with Gasteiger partial charge in [-0.25, -0.2) is 4.79 Å². The van der Waals surface area contributed by atoms with Gasteiger partial charge in [0.25, 0.3) is 5.91 Å². The van der Waals surface area contributed by atoms with Gasteiger partial charge in [-0.05, 0) is 37.8 Å². The lowest BCUT2D eigenvalue weighted by Crippen LogP contribution is -2.38. The van der Waals surface area contributed by atoms with Crippen molar-refractivity contribution < 1.29 is 18.8 Å². The monoisotopic (exact) mass is 326 g/mol. The number of ether oxygens (including phenoxy) is 1. The summed E-state index contributed by atoms with van der Waals surface area (Å²) in [6.45, 7) is 1.68. The topological polar surface area (TPSA) is 72.6 Å². The molecule has 0 saturated heterocycles. The van der Waals surface area contributed by atoms with Crippen molar-refractivity contribution in [2.24, 2.45) is 0 Å². The van der Waals surface area contributed by atoms with Gasteiger partial charge in [-0.15, -0.1) is 0 Å². The Kier molecular flexibility index (Phi) is 3.59. The molecule has 1 amide bonds. The average Bonchev–Trinajstić information content (AvgIpc) is 3.20. The van der Waals surface area contributed by atoms with E-state index in [4.69, 9.17) is 9.26 Å². The van der Waals surface area contributed by atoms with Crippen molar-refractivity contribution in [3.63, 3.8) is 0 Å². The van der Waals surface area contributed by atoms with Gasteiger partial charge in [-0.2, -0.15) is 0 Å². The van der Waals surface area contributed by atoms with Crippen LogP contribution in [0, 0.1) is 0 Å². The van der Waals surface area contributed by atoms with Gasteiger partial charge in [-0.3, -0.25) is 4.79 Å². The van der Waals surface area contributed by atoms with Crippen LogP contribution in [-0.2, 0) is 16.0 Å². The van der Waals surface area contributed by atoms with Gasteiger partial charge < -0.3 is 14.2 Å². The lowest BCUT2D eigenvalue weighted by Gasteiger charge is -2.22. The van der Waals surface area contributed by atoms with Gasteiger partial charge in [0, 0.05) is 23.7 Å². The Morgan fingerprint density at radius 3 is 2.92 bits per heavy atom. The number of anilines is 1. The van der Waals surface area contributed by atoms with Gasteiger partial charge in [0.2, 0.25) is 0 Å². The molecule has 4 rings (SSSR count). The standard InChI is InChI=1S/C18H18N2O4/c1-11-8-13-4-2-3-5-15(13)20(11)17(21)10-23-18(22)14-9-16(24-19-14)12-6-7-12/h2-5,9,11-12H,6-8,10H2,1H3. The van der Waals surface area contributed by atoms with Gasteiger partial charge in [0.15, 0.2) is 12.3 Å². The highest BCUT2D eigenvalue weighted by molar-refractivity contribution is 5.98. The smallest absolute Gasteiger partial charge is 0.361 e. The molecule has 0 radical (unpaired) electrons. The number of fused-ring (bicyclic) bond motifs is 1. The van der Waals surface area contributed by atoms with Crippen LogP contribution in [0.25, 0.3) is 0 Å². The van der Waals surface area contributed by atoms with Crippen LogP contribution in [0.5, 0.6) is 0 Å². The molecule has 2 heterocycles. The number of aromatic nitrogens is 1. The molecule has 1 aliphatic heterocycles. The van der Waals surface area contributed by atoms with E-state index in [1.807, 2.05) is 31.2 Å². The second-order valence-corrected chi connectivity index (χ2v) is 6.41. The molecule has 24 heavy (non-hydrogen) atoms. The Morgan fingerprint density at radius 2 is 2.12 bits per heavy atom. The molecule has 2 aliphatic rings. The molecule has 124 valence electrons. The van der Waals surface area contributed by atoms with Crippen molar-refractivity contribution in [3.05, 3.63) is 47.3 Å². The first-order chi connectivity index (χ1) is 11.6. The predicted molar refractivity (Wildman–Crippen MR) is 85.9 cm³/mol. The number of amides is 1. The number of carbonyl (C=O) groups excluding carboxylic acids is 2. The van der Waals surface area contributed by atoms with E-state index in [0.717, 1.165) is 36.3 Å². The van der Waals surface area contributed by atoms with Crippen molar-refractivity contribution in [2.45, 2.75) is 38.1 Å². The molecule has 1 aromatic carbocycles. The molecular weight excluding hydrogens is 308 g/mol. The molecule has 1 unspecified atom stereocenters. The Balaban J connectivity index is 1.40. The second-order valence-electron chi connectivity index (χ2n) is 6.41. The highest BCUT2D eigenvalue weighted by Crippen LogP contribution is 2.40. The maximum Gasteiger partial charge on any atom is 0.361 e.